The summed E-state index contributed by atoms with van der Waals surface area (Å²) in [7, 11) is 0. The van der Waals surface area contributed by atoms with Crippen LogP contribution in [0.1, 0.15) is 48.9 Å². The first-order valence-electron chi connectivity index (χ1n) is 8.52. The van der Waals surface area contributed by atoms with Gasteiger partial charge in [-0.05, 0) is 24.8 Å². The minimum absolute atomic E-state index is 0.0900. The van der Waals surface area contributed by atoms with E-state index in [-0.39, 0.29) is 18.0 Å². The highest BCUT2D eigenvalue weighted by Gasteiger charge is 2.34. The van der Waals surface area contributed by atoms with Gasteiger partial charge in [-0.25, -0.2) is 4.98 Å². The lowest BCUT2D eigenvalue weighted by Gasteiger charge is -2.12. The first-order valence-corrected chi connectivity index (χ1v) is 9.34. The Hall–Kier alpha value is -2.22. The van der Waals surface area contributed by atoms with Crippen LogP contribution in [0.4, 0.5) is 0 Å². The molecule has 0 radical (unpaired) electrons. The second kappa shape index (κ2) is 6.95. The minimum Gasteiger partial charge on any atom is -0.481 e. The van der Waals surface area contributed by atoms with Gasteiger partial charge in [0.15, 0.2) is 0 Å². The van der Waals surface area contributed by atoms with Crippen molar-refractivity contribution in [3.05, 3.63) is 26.6 Å². The van der Waals surface area contributed by atoms with E-state index in [1.165, 1.54) is 15.9 Å². The van der Waals surface area contributed by atoms with E-state index >= 15 is 0 Å². The summed E-state index contributed by atoms with van der Waals surface area (Å²) in [5, 5.41) is 12.6. The molecule has 0 fully saturated rings. The van der Waals surface area contributed by atoms with Crippen molar-refractivity contribution in [2.45, 2.75) is 52.0 Å². The number of carboxylic acid groups (broad SMARTS) is 1. The lowest BCUT2D eigenvalue weighted by molar-refractivity contribution is -0.138. The van der Waals surface area contributed by atoms with Crippen LogP contribution in [-0.4, -0.2) is 33.1 Å². The highest BCUT2D eigenvalue weighted by Crippen LogP contribution is 2.42. The van der Waals surface area contributed by atoms with Crippen LogP contribution < -0.4 is 10.9 Å². The van der Waals surface area contributed by atoms with Gasteiger partial charge < -0.3 is 10.4 Å². The fraction of sp³-hybridized carbons (Fsp3) is 0.529. The lowest BCUT2D eigenvalue weighted by atomic mass is 10.0. The predicted octanol–water partition coefficient (Wildman–Crippen LogP) is 1.66. The number of carboxylic acids is 1. The smallest absolute Gasteiger partial charge is 0.311 e. The molecule has 2 heterocycles. The van der Waals surface area contributed by atoms with E-state index in [1.807, 2.05) is 13.8 Å². The number of nitrogens with zero attached hydrogens (tertiary/aromatic N) is 2. The standard InChI is InChI=1S/C17H21N3O4S/c1-3-7-18-12(21)8-20-11(4-2)19-15-14(16(20)22)13-9(17(23)24)5-6-10(13)25-15/h9H,3-8H2,1-2H3,(H,18,21)(H,23,24). The molecule has 8 heteroatoms. The lowest BCUT2D eigenvalue weighted by Crippen LogP contribution is -2.35. The molecule has 0 aromatic carbocycles. The average molecular weight is 363 g/mol. The molecule has 0 spiro atoms. The predicted molar refractivity (Wildman–Crippen MR) is 95.3 cm³/mol. The zero-order valence-electron chi connectivity index (χ0n) is 14.3. The van der Waals surface area contributed by atoms with Crippen molar-refractivity contribution >= 4 is 33.4 Å². The summed E-state index contributed by atoms with van der Waals surface area (Å²) >= 11 is 1.40. The zero-order chi connectivity index (χ0) is 18.1. The number of aliphatic carboxylic acids is 1. The molecular weight excluding hydrogens is 342 g/mol. The maximum Gasteiger partial charge on any atom is 0.311 e. The molecule has 1 aliphatic carbocycles. The molecule has 0 saturated heterocycles. The molecule has 25 heavy (non-hydrogen) atoms. The van der Waals surface area contributed by atoms with Crippen LogP contribution in [0.3, 0.4) is 0 Å². The number of nitrogens with one attached hydrogen (secondary N) is 1. The first kappa shape index (κ1) is 17.6. The van der Waals surface area contributed by atoms with Crippen molar-refractivity contribution in [3.8, 4) is 0 Å². The van der Waals surface area contributed by atoms with Gasteiger partial charge >= 0.3 is 5.97 Å². The third-order valence-corrected chi connectivity index (χ3v) is 5.66. The number of amides is 1. The number of hydrogen-bond acceptors (Lipinski definition) is 5. The number of aromatic nitrogens is 2. The minimum atomic E-state index is -0.912. The highest BCUT2D eigenvalue weighted by atomic mass is 32.1. The van der Waals surface area contributed by atoms with Crippen molar-refractivity contribution < 1.29 is 14.7 Å². The van der Waals surface area contributed by atoms with Crippen LogP contribution in [0, 0.1) is 0 Å². The fourth-order valence-electron chi connectivity index (χ4n) is 3.31. The van der Waals surface area contributed by atoms with Crippen LogP contribution >= 0.6 is 11.3 Å². The SMILES string of the molecule is CCCNC(=O)Cn1c(CC)nc2sc3c(c2c1=O)C(C(=O)O)CC3. The topological polar surface area (TPSA) is 101 Å². The molecular formula is C17H21N3O4S. The molecule has 1 amide bonds. The summed E-state index contributed by atoms with van der Waals surface area (Å²) in [6, 6.07) is 0. The molecule has 3 rings (SSSR count). The second-order valence-electron chi connectivity index (χ2n) is 6.17. The van der Waals surface area contributed by atoms with Crippen LogP contribution in [0.2, 0.25) is 0 Å². The molecule has 0 bridgehead atoms. The molecule has 7 nitrogen and oxygen atoms in total. The fourth-order valence-corrected chi connectivity index (χ4v) is 4.57. The molecule has 0 saturated carbocycles. The number of hydrogen-bond donors (Lipinski definition) is 2. The van der Waals surface area contributed by atoms with Gasteiger partial charge in [-0.15, -0.1) is 11.3 Å². The summed E-state index contributed by atoms with van der Waals surface area (Å²) < 4.78 is 1.39. The molecule has 2 aromatic heterocycles. The van der Waals surface area contributed by atoms with Crippen LogP contribution in [-0.2, 0) is 29.0 Å². The largest absolute Gasteiger partial charge is 0.481 e. The molecule has 1 atom stereocenters. The Balaban J connectivity index is 2.13. The van der Waals surface area contributed by atoms with E-state index in [2.05, 4.69) is 10.3 Å². The number of fused-ring (bicyclic) bond motifs is 3. The quantitative estimate of drug-likeness (QED) is 0.813. The maximum atomic E-state index is 13.1. The van der Waals surface area contributed by atoms with Crippen LogP contribution in [0.25, 0.3) is 10.2 Å². The van der Waals surface area contributed by atoms with Gasteiger partial charge in [0.1, 0.15) is 17.2 Å². The molecule has 1 aliphatic rings. The van der Waals surface area contributed by atoms with Gasteiger partial charge in [0.25, 0.3) is 5.56 Å². The average Bonchev–Trinajstić information content (AvgIpc) is 3.13. The van der Waals surface area contributed by atoms with Gasteiger partial charge in [0.2, 0.25) is 5.91 Å². The van der Waals surface area contributed by atoms with Gasteiger partial charge in [-0.1, -0.05) is 13.8 Å². The Labute approximate surface area is 148 Å². The number of aryl methyl sites for hydroxylation is 2. The summed E-state index contributed by atoms with van der Waals surface area (Å²) in [5.74, 6) is -1.25. The van der Waals surface area contributed by atoms with Crippen LogP contribution in [0.5, 0.6) is 0 Å². The molecule has 134 valence electrons. The molecule has 0 aliphatic heterocycles. The maximum absolute atomic E-state index is 13.1. The van der Waals surface area contributed by atoms with Crippen LogP contribution in [0.15, 0.2) is 4.79 Å². The Morgan fingerprint density at radius 1 is 1.40 bits per heavy atom. The number of carbonyl (C=O) groups is 2. The Morgan fingerprint density at radius 3 is 2.80 bits per heavy atom. The van der Waals surface area contributed by atoms with E-state index in [4.69, 9.17) is 0 Å². The van der Waals surface area contributed by atoms with E-state index in [0.717, 1.165) is 11.3 Å². The highest BCUT2D eigenvalue weighted by molar-refractivity contribution is 7.18. The molecule has 2 aromatic rings. The van der Waals surface area contributed by atoms with Crippen molar-refractivity contribution in [1.29, 1.82) is 0 Å². The Bertz CT molecular complexity index is 899. The summed E-state index contributed by atoms with van der Waals surface area (Å²) in [6.45, 7) is 4.31. The number of rotatable bonds is 6. The Kier molecular flexibility index (Phi) is 4.89. The van der Waals surface area contributed by atoms with Crippen molar-refractivity contribution in [3.63, 3.8) is 0 Å². The summed E-state index contributed by atoms with van der Waals surface area (Å²) in [6.07, 6.45) is 2.51. The van der Waals surface area contributed by atoms with E-state index in [9.17, 15) is 19.5 Å². The number of thiophene rings is 1. The number of carbonyl (C=O) groups excluding carboxylic acids is 1. The van der Waals surface area contributed by atoms with Gasteiger partial charge in [-0.3, -0.25) is 19.0 Å². The third-order valence-electron chi connectivity index (χ3n) is 4.50. The van der Waals surface area contributed by atoms with E-state index in [1.54, 1.807) is 0 Å². The van der Waals surface area contributed by atoms with Gasteiger partial charge in [0.05, 0.1) is 11.3 Å². The molecule has 2 N–H and O–H groups in total. The normalized spacial score (nSPS) is 16.2. The monoisotopic (exact) mass is 363 g/mol. The van der Waals surface area contributed by atoms with Crippen molar-refractivity contribution in [2.24, 2.45) is 0 Å². The van der Waals surface area contributed by atoms with E-state index < -0.39 is 11.9 Å². The van der Waals surface area contributed by atoms with Gasteiger partial charge in [0, 0.05) is 17.8 Å². The van der Waals surface area contributed by atoms with Crippen molar-refractivity contribution in [2.75, 3.05) is 6.54 Å². The summed E-state index contributed by atoms with van der Waals surface area (Å²) in [4.78, 5) is 42.8. The van der Waals surface area contributed by atoms with Crippen molar-refractivity contribution in [1.82, 2.24) is 14.9 Å². The summed E-state index contributed by atoms with van der Waals surface area (Å²) in [5.41, 5.74) is 0.300. The van der Waals surface area contributed by atoms with Gasteiger partial charge in [-0.2, -0.15) is 0 Å². The zero-order valence-corrected chi connectivity index (χ0v) is 15.1. The molecule has 1 unspecified atom stereocenters. The third kappa shape index (κ3) is 3.06. The Morgan fingerprint density at radius 2 is 2.16 bits per heavy atom. The second-order valence-corrected chi connectivity index (χ2v) is 7.26. The van der Waals surface area contributed by atoms with E-state index in [0.29, 0.717) is 47.4 Å². The first-order chi connectivity index (χ1) is 12.0.